The van der Waals surface area contributed by atoms with Gasteiger partial charge in [0.1, 0.15) is 0 Å². The van der Waals surface area contributed by atoms with Crippen LogP contribution in [0.15, 0.2) is 30.3 Å². The summed E-state index contributed by atoms with van der Waals surface area (Å²) in [4.78, 5) is 0. The van der Waals surface area contributed by atoms with E-state index in [-0.39, 0.29) is 0 Å². The number of nitriles is 1. The van der Waals surface area contributed by atoms with E-state index in [2.05, 4.69) is 6.92 Å². The number of benzene rings is 1. The second kappa shape index (κ2) is 8.76. The van der Waals surface area contributed by atoms with Crippen LogP contribution in [0.3, 0.4) is 0 Å². The van der Waals surface area contributed by atoms with Crippen LogP contribution in [-0.4, -0.2) is 11.7 Å². The standard InChI is InChI=1S/C7H5N.C4H10O/c8-6-7-4-2-1-3-5-7;1-2-3-4-5/h1-5H;5H,2-4H2,1H3. The molecule has 0 aliphatic heterocycles. The van der Waals surface area contributed by atoms with Crippen molar-refractivity contribution in [1.29, 1.82) is 5.26 Å². The molecule has 1 rings (SSSR count). The van der Waals surface area contributed by atoms with Crippen molar-refractivity contribution in [2.75, 3.05) is 6.61 Å². The van der Waals surface area contributed by atoms with Crippen LogP contribution in [0.5, 0.6) is 0 Å². The van der Waals surface area contributed by atoms with Crippen molar-refractivity contribution in [2.24, 2.45) is 0 Å². The molecule has 0 fully saturated rings. The summed E-state index contributed by atoms with van der Waals surface area (Å²) in [6.07, 6.45) is 2.04. The van der Waals surface area contributed by atoms with E-state index in [1.54, 1.807) is 12.1 Å². The Kier molecular flexibility index (Phi) is 7.87. The molecule has 13 heavy (non-hydrogen) atoms. The van der Waals surface area contributed by atoms with Crippen LogP contribution in [0.1, 0.15) is 25.3 Å². The summed E-state index contributed by atoms with van der Waals surface area (Å²) in [6.45, 7) is 2.40. The van der Waals surface area contributed by atoms with Crippen LogP contribution in [0.4, 0.5) is 0 Å². The maximum Gasteiger partial charge on any atom is 0.0991 e. The zero-order chi connectivity index (χ0) is 9.94. The van der Waals surface area contributed by atoms with Gasteiger partial charge in [0.05, 0.1) is 11.6 Å². The van der Waals surface area contributed by atoms with Crippen LogP contribution in [0.25, 0.3) is 0 Å². The van der Waals surface area contributed by atoms with Crippen LogP contribution in [0.2, 0.25) is 0 Å². The summed E-state index contributed by atoms with van der Waals surface area (Å²) >= 11 is 0. The number of unbranched alkanes of at least 4 members (excludes halogenated alkanes) is 1. The molecule has 2 nitrogen and oxygen atoms in total. The van der Waals surface area contributed by atoms with Gasteiger partial charge < -0.3 is 5.11 Å². The molecule has 0 saturated carbocycles. The quantitative estimate of drug-likeness (QED) is 0.753. The summed E-state index contributed by atoms with van der Waals surface area (Å²) in [5, 5.41) is 16.4. The SMILES string of the molecule is CCCCO.N#Cc1ccccc1. The molecule has 0 aromatic heterocycles. The smallest absolute Gasteiger partial charge is 0.0991 e. The van der Waals surface area contributed by atoms with Crippen molar-refractivity contribution in [2.45, 2.75) is 19.8 Å². The number of nitrogens with zero attached hydrogens (tertiary/aromatic N) is 1. The highest BCUT2D eigenvalue weighted by atomic mass is 16.2. The molecule has 0 radical (unpaired) electrons. The lowest BCUT2D eigenvalue weighted by Crippen LogP contribution is -1.75. The van der Waals surface area contributed by atoms with E-state index in [1.165, 1.54) is 0 Å². The normalized spacial score (nSPS) is 8.08. The molecule has 1 N–H and O–H groups in total. The second-order valence-electron chi connectivity index (χ2n) is 2.55. The van der Waals surface area contributed by atoms with Crippen molar-refractivity contribution in [1.82, 2.24) is 0 Å². The van der Waals surface area contributed by atoms with Crippen molar-refractivity contribution < 1.29 is 5.11 Å². The van der Waals surface area contributed by atoms with E-state index >= 15 is 0 Å². The molecule has 0 amide bonds. The lowest BCUT2D eigenvalue weighted by atomic mass is 10.2. The zero-order valence-corrected chi connectivity index (χ0v) is 7.90. The summed E-state index contributed by atoms with van der Waals surface area (Å²) in [6, 6.07) is 11.2. The Hall–Kier alpha value is -1.33. The van der Waals surface area contributed by atoms with E-state index in [1.807, 2.05) is 24.3 Å². The fourth-order valence-corrected chi connectivity index (χ4v) is 0.671. The van der Waals surface area contributed by atoms with Crippen LogP contribution < -0.4 is 0 Å². The Bertz CT molecular complexity index is 236. The van der Waals surface area contributed by atoms with Gasteiger partial charge in [-0.3, -0.25) is 0 Å². The molecule has 0 spiro atoms. The third kappa shape index (κ3) is 7.04. The van der Waals surface area contributed by atoms with Gasteiger partial charge in [-0.15, -0.1) is 0 Å². The molecule has 0 unspecified atom stereocenters. The first-order valence-corrected chi connectivity index (χ1v) is 4.41. The van der Waals surface area contributed by atoms with Crippen molar-refractivity contribution in [3.8, 4) is 6.07 Å². The lowest BCUT2D eigenvalue weighted by Gasteiger charge is -1.80. The Labute approximate surface area is 79.4 Å². The molecular weight excluding hydrogens is 162 g/mol. The average molecular weight is 177 g/mol. The summed E-state index contributed by atoms with van der Waals surface area (Å²) < 4.78 is 0. The minimum atomic E-state index is 0.344. The monoisotopic (exact) mass is 177 g/mol. The molecule has 0 aliphatic rings. The molecule has 2 heteroatoms. The number of rotatable bonds is 2. The van der Waals surface area contributed by atoms with Crippen molar-refractivity contribution in [3.05, 3.63) is 35.9 Å². The van der Waals surface area contributed by atoms with Crippen LogP contribution in [0, 0.1) is 11.3 Å². The fraction of sp³-hybridized carbons (Fsp3) is 0.364. The third-order valence-corrected chi connectivity index (χ3v) is 1.41. The molecule has 0 saturated heterocycles. The first kappa shape index (κ1) is 11.7. The fourth-order valence-electron chi connectivity index (χ4n) is 0.671. The Morgan fingerprint density at radius 2 is 1.92 bits per heavy atom. The van der Waals surface area contributed by atoms with E-state index in [4.69, 9.17) is 10.4 Å². The Morgan fingerprint density at radius 1 is 1.31 bits per heavy atom. The van der Waals surface area contributed by atoms with Gasteiger partial charge in [-0.05, 0) is 18.6 Å². The lowest BCUT2D eigenvalue weighted by molar-refractivity contribution is 0.287. The van der Waals surface area contributed by atoms with Crippen molar-refractivity contribution in [3.63, 3.8) is 0 Å². The van der Waals surface area contributed by atoms with E-state index in [0.717, 1.165) is 12.8 Å². The van der Waals surface area contributed by atoms with E-state index in [9.17, 15) is 0 Å². The van der Waals surface area contributed by atoms with Crippen LogP contribution in [-0.2, 0) is 0 Å². The maximum atomic E-state index is 8.29. The second-order valence-corrected chi connectivity index (χ2v) is 2.55. The van der Waals surface area contributed by atoms with Gasteiger partial charge in [0.15, 0.2) is 0 Å². The third-order valence-electron chi connectivity index (χ3n) is 1.41. The minimum absolute atomic E-state index is 0.344. The molecule has 0 atom stereocenters. The number of aliphatic hydroxyl groups excluding tert-OH is 1. The van der Waals surface area contributed by atoms with Gasteiger partial charge >= 0.3 is 0 Å². The molecule has 70 valence electrons. The highest BCUT2D eigenvalue weighted by Crippen LogP contribution is 1.93. The van der Waals surface area contributed by atoms with E-state index < -0.39 is 0 Å². The predicted molar refractivity (Wildman–Crippen MR) is 53.2 cm³/mol. The number of hydrogen-bond acceptors (Lipinski definition) is 2. The number of aliphatic hydroxyl groups is 1. The molecule has 0 bridgehead atoms. The summed E-state index contributed by atoms with van der Waals surface area (Å²) in [5.74, 6) is 0. The number of hydrogen-bond donors (Lipinski definition) is 1. The van der Waals surface area contributed by atoms with Gasteiger partial charge in [0, 0.05) is 6.61 Å². The topological polar surface area (TPSA) is 44.0 Å². The van der Waals surface area contributed by atoms with Gasteiger partial charge in [-0.2, -0.15) is 5.26 Å². The molecule has 0 aliphatic carbocycles. The van der Waals surface area contributed by atoms with Gasteiger partial charge in [-0.1, -0.05) is 31.5 Å². The molecule has 1 aromatic rings. The van der Waals surface area contributed by atoms with E-state index in [0.29, 0.717) is 12.2 Å². The summed E-state index contributed by atoms with van der Waals surface area (Å²) in [5.41, 5.74) is 0.715. The largest absolute Gasteiger partial charge is 0.396 e. The van der Waals surface area contributed by atoms with Gasteiger partial charge in [0.25, 0.3) is 0 Å². The first-order valence-electron chi connectivity index (χ1n) is 4.41. The maximum absolute atomic E-state index is 8.29. The van der Waals surface area contributed by atoms with Crippen LogP contribution >= 0.6 is 0 Å². The van der Waals surface area contributed by atoms with Gasteiger partial charge in [0.2, 0.25) is 0 Å². The minimum Gasteiger partial charge on any atom is -0.396 e. The molecule has 0 heterocycles. The highest BCUT2D eigenvalue weighted by Gasteiger charge is 1.79. The average Bonchev–Trinajstić information content (AvgIpc) is 2.21. The molecular formula is C11H15NO. The van der Waals surface area contributed by atoms with Crippen molar-refractivity contribution >= 4 is 0 Å². The summed E-state index contributed by atoms with van der Waals surface area (Å²) in [7, 11) is 0. The van der Waals surface area contributed by atoms with Gasteiger partial charge in [-0.25, -0.2) is 0 Å². The Morgan fingerprint density at radius 3 is 2.15 bits per heavy atom. The first-order chi connectivity index (χ1) is 6.35. The predicted octanol–water partition coefficient (Wildman–Crippen LogP) is 2.34. The highest BCUT2D eigenvalue weighted by molar-refractivity contribution is 5.27. The zero-order valence-electron chi connectivity index (χ0n) is 7.90. The Balaban J connectivity index is 0.000000252. The molecule has 1 aromatic carbocycles.